The molecule has 0 spiro atoms. The van der Waals surface area contributed by atoms with E-state index in [2.05, 4.69) is 46.1 Å². The van der Waals surface area contributed by atoms with Crippen molar-refractivity contribution >= 4 is 13.5 Å². The molecule has 0 unspecified atom stereocenters. The molecule has 0 atom stereocenters. The summed E-state index contributed by atoms with van der Waals surface area (Å²) in [6.07, 6.45) is 2.39. The minimum Gasteiger partial charge on any atom is -0.495 e. The third-order valence-electron chi connectivity index (χ3n) is 3.59. The van der Waals surface area contributed by atoms with Gasteiger partial charge in [0, 0.05) is 0 Å². The minimum absolute atomic E-state index is 0.214. The summed E-state index contributed by atoms with van der Waals surface area (Å²) in [5, 5.41) is 3.41. The zero-order valence-electron chi connectivity index (χ0n) is 12.5. The van der Waals surface area contributed by atoms with Crippen molar-refractivity contribution in [3.63, 3.8) is 0 Å². The fraction of sp³-hybridized carbons (Fsp3) is 0.600. The van der Waals surface area contributed by atoms with Crippen LogP contribution in [0.3, 0.4) is 0 Å². The second-order valence-electron chi connectivity index (χ2n) is 6.49. The number of rotatable bonds is 3. The first kappa shape index (κ1) is 14.3. The predicted octanol–water partition coefficient (Wildman–Crippen LogP) is 1.79. The van der Waals surface area contributed by atoms with E-state index in [1.165, 1.54) is 24.0 Å². The molecule has 1 aliphatic heterocycles. The predicted molar refractivity (Wildman–Crippen MR) is 83.7 cm³/mol. The van der Waals surface area contributed by atoms with Crippen LogP contribution in [-0.4, -0.2) is 26.4 Å². The number of nitrogens with two attached hydrogens (primary N) is 1. The van der Waals surface area contributed by atoms with Crippen LogP contribution >= 0.6 is 0 Å². The maximum atomic E-state index is 6.09. The molecule has 3 nitrogen and oxygen atoms in total. The summed E-state index contributed by atoms with van der Waals surface area (Å²) in [6.45, 7) is 8.45. The van der Waals surface area contributed by atoms with Gasteiger partial charge in [-0.15, -0.1) is 0 Å². The van der Waals surface area contributed by atoms with Gasteiger partial charge in [-0.1, -0.05) is 0 Å². The Bertz CT molecular complexity index is 448. The molecule has 19 heavy (non-hydrogen) atoms. The van der Waals surface area contributed by atoms with Crippen LogP contribution in [0.15, 0.2) is 12.1 Å². The van der Waals surface area contributed by atoms with Gasteiger partial charge in [-0.3, -0.25) is 0 Å². The molecule has 0 aliphatic carbocycles. The monoisotopic (exact) mass is 260 g/mol. The number of piperidine rings is 1. The Hall–Kier alpha value is -1.16. The molecular weight excluding hydrogens is 235 g/mol. The van der Waals surface area contributed by atoms with E-state index in [0.29, 0.717) is 5.92 Å². The normalized spacial score (nSPS) is 17.4. The molecule has 1 aromatic carbocycles. The first-order chi connectivity index (χ1) is 8.87. The van der Waals surface area contributed by atoms with E-state index in [1.54, 1.807) is 0 Å². The maximum Gasteiger partial charge on any atom is 0.158 e. The summed E-state index contributed by atoms with van der Waals surface area (Å²) in [4.78, 5) is 0. The molecule has 0 amide bonds. The maximum absolute atomic E-state index is 6.09. The average molecular weight is 260 g/mol. The van der Waals surface area contributed by atoms with E-state index in [0.717, 1.165) is 24.5 Å². The smallest absolute Gasteiger partial charge is 0.158 e. The summed E-state index contributed by atoms with van der Waals surface area (Å²) < 4.78 is 5.98. The number of ether oxygens (including phenoxy) is 1. The molecule has 104 valence electrons. The minimum atomic E-state index is -0.214. The molecule has 4 heteroatoms. The molecule has 0 aromatic heterocycles. The van der Waals surface area contributed by atoms with Gasteiger partial charge in [-0.05, 0) is 75.9 Å². The van der Waals surface area contributed by atoms with Crippen molar-refractivity contribution < 1.29 is 4.74 Å². The third kappa shape index (κ3) is 3.66. The number of nitrogens with one attached hydrogen (secondary N) is 1. The van der Waals surface area contributed by atoms with E-state index in [-0.39, 0.29) is 5.50 Å². The molecule has 1 heterocycles. The van der Waals surface area contributed by atoms with E-state index in [4.69, 9.17) is 10.5 Å². The molecule has 3 N–H and O–H groups in total. The van der Waals surface area contributed by atoms with Gasteiger partial charge in [0.2, 0.25) is 0 Å². The van der Waals surface area contributed by atoms with E-state index in [1.807, 2.05) is 0 Å². The van der Waals surface area contributed by atoms with Gasteiger partial charge in [-0.25, -0.2) is 0 Å². The molecule has 0 bridgehead atoms. The Balaban J connectivity index is 2.30. The first-order valence-corrected chi connectivity index (χ1v) is 7.16. The summed E-state index contributed by atoms with van der Waals surface area (Å²) in [6, 6.07) is 4.21. The number of anilines is 1. The molecule has 1 saturated heterocycles. The number of benzene rings is 1. The first-order valence-electron chi connectivity index (χ1n) is 7.16. The second-order valence-corrected chi connectivity index (χ2v) is 6.49. The highest BCUT2D eigenvalue weighted by atomic mass is 16.5. The molecule has 1 fully saturated rings. The van der Waals surface area contributed by atoms with Crippen molar-refractivity contribution in [2.45, 2.75) is 45.0 Å². The Morgan fingerprint density at radius 1 is 1.32 bits per heavy atom. The van der Waals surface area contributed by atoms with Gasteiger partial charge in [0.25, 0.3) is 0 Å². The molecular formula is C15H25BN2O. The zero-order valence-corrected chi connectivity index (χ0v) is 12.5. The molecule has 1 aliphatic rings. The van der Waals surface area contributed by atoms with Gasteiger partial charge in [0.1, 0.15) is 5.75 Å². The van der Waals surface area contributed by atoms with Crippen molar-refractivity contribution in [3.8, 4) is 5.75 Å². The Labute approximate surface area is 117 Å². The fourth-order valence-corrected chi connectivity index (χ4v) is 2.72. The quantitative estimate of drug-likeness (QED) is 0.643. The highest BCUT2D eigenvalue weighted by molar-refractivity contribution is 6.14. The van der Waals surface area contributed by atoms with Crippen LogP contribution < -0.4 is 15.8 Å². The summed E-state index contributed by atoms with van der Waals surface area (Å²) in [5.41, 5.74) is 9.30. The lowest BCUT2D eigenvalue weighted by Crippen LogP contribution is -2.29. The van der Waals surface area contributed by atoms with Gasteiger partial charge < -0.3 is 15.8 Å². The summed E-state index contributed by atoms with van der Waals surface area (Å²) >= 11 is 0. The topological polar surface area (TPSA) is 47.3 Å². The van der Waals surface area contributed by atoms with Crippen LogP contribution in [0.25, 0.3) is 0 Å². The van der Waals surface area contributed by atoms with Crippen molar-refractivity contribution in [2.75, 3.05) is 18.8 Å². The third-order valence-corrected chi connectivity index (χ3v) is 3.59. The van der Waals surface area contributed by atoms with Crippen LogP contribution in [-0.2, 0) is 0 Å². The SMILES string of the molecule is BC(C)(C)Oc1cc(C2CCNCC2)c(C)cc1N. The average Bonchev–Trinajstić information content (AvgIpc) is 2.32. The van der Waals surface area contributed by atoms with Gasteiger partial charge in [-0.2, -0.15) is 0 Å². The Kier molecular flexibility index (Phi) is 4.09. The van der Waals surface area contributed by atoms with Crippen LogP contribution in [0.2, 0.25) is 0 Å². The van der Waals surface area contributed by atoms with E-state index >= 15 is 0 Å². The number of hydrogen-bond donors (Lipinski definition) is 2. The van der Waals surface area contributed by atoms with Crippen LogP contribution in [0.4, 0.5) is 5.69 Å². The lowest BCUT2D eigenvalue weighted by Gasteiger charge is -2.27. The number of nitrogen functional groups attached to an aromatic ring is 1. The zero-order chi connectivity index (χ0) is 14.0. The largest absolute Gasteiger partial charge is 0.495 e. The fourth-order valence-electron chi connectivity index (χ4n) is 2.72. The lowest BCUT2D eigenvalue weighted by molar-refractivity contribution is 0.199. The van der Waals surface area contributed by atoms with E-state index in [9.17, 15) is 0 Å². The lowest BCUT2D eigenvalue weighted by atomic mass is 9.85. The molecule has 2 rings (SSSR count). The highest BCUT2D eigenvalue weighted by Crippen LogP contribution is 2.35. The second kappa shape index (κ2) is 5.45. The van der Waals surface area contributed by atoms with Crippen LogP contribution in [0.1, 0.15) is 43.7 Å². The Morgan fingerprint density at radius 2 is 1.95 bits per heavy atom. The van der Waals surface area contributed by atoms with Gasteiger partial charge in [0.15, 0.2) is 7.85 Å². The van der Waals surface area contributed by atoms with Crippen molar-refractivity contribution in [3.05, 3.63) is 23.3 Å². The van der Waals surface area contributed by atoms with Gasteiger partial charge in [0.05, 0.1) is 11.2 Å². The summed E-state index contributed by atoms with van der Waals surface area (Å²) in [5.74, 6) is 1.45. The van der Waals surface area contributed by atoms with E-state index < -0.39 is 0 Å². The standard InChI is InChI=1S/C15H25BN2O/c1-10-8-13(17)14(19-15(2,3)16)9-12(10)11-4-6-18-7-5-11/h8-9,11,18H,4-7,16-17H2,1-3H3. The van der Waals surface area contributed by atoms with Gasteiger partial charge >= 0.3 is 0 Å². The highest BCUT2D eigenvalue weighted by Gasteiger charge is 2.20. The Morgan fingerprint density at radius 3 is 2.53 bits per heavy atom. The van der Waals surface area contributed by atoms with Crippen LogP contribution in [0.5, 0.6) is 5.75 Å². The summed E-state index contributed by atoms with van der Waals surface area (Å²) in [7, 11) is 2.05. The van der Waals surface area contributed by atoms with Crippen molar-refractivity contribution in [1.82, 2.24) is 5.32 Å². The molecule has 1 aromatic rings. The number of hydrogen-bond acceptors (Lipinski definition) is 3. The molecule has 0 radical (unpaired) electrons. The van der Waals surface area contributed by atoms with Crippen molar-refractivity contribution in [2.24, 2.45) is 0 Å². The molecule has 0 saturated carbocycles. The van der Waals surface area contributed by atoms with Crippen molar-refractivity contribution in [1.29, 1.82) is 0 Å². The number of aryl methyl sites for hydroxylation is 1. The van der Waals surface area contributed by atoms with Crippen LogP contribution in [0, 0.1) is 6.92 Å².